The molecular formula is C17H18N4OS2. The minimum Gasteiger partial charge on any atom is -0.487 e. The Morgan fingerprint density at radius 1 is 1.08 bits per heavy atom. The first-order valence-corrected chi connectivity index (χ1v) is 10.0. The van der Waals surface area contributed by atoms with Crippen LogP contribution in [0, 0.1) is 0 Å². The molecule has 3 heterocycles. The lowest BCUT2D eigenvalue weighted by molar-refractivity contribution is 0.170. The van der Waals surface area contributed by atoms with Gasteiger partial charge in [-0.15, -0.1) is 5.10 Å². The molecule has 1 fully saturated rings. The van der Waals surface area contributed by atoms with Crippen molar-refractivity contribution in [1.29, 1.82) is 0 Å². The number of hydrogen-bond donors (Lipinski definition) is 0. The van der Waals surface area contributed by atoms with Gasteiger partial charge in [-0.05, 0) is 36.7 Å². The lowest BCUT2D eigenvalue weighted by Gasteiger charge is -2.37. The summed E-state index contributed by atoms with van der Waals surface area (Å²) in [6.45, 7) is 0.482. The van der Waals surface area contributed by atoms with Crippen molar-refractivity contribution in [1.82, 2.24) is 10.0 Å². The van der Waals surface area contributed by atoms with E-state index in [-0.39, 0.29) is 4.87 Å². The summed E-state index contributed by atoms with van der Waals surface area (Å²) in [5.74, 6) is 1.98. The number of hydrazone groups is 2. The number of hydrogen-bond acceptors (Lipinski definition) is 7. The third kappa shape index (κ3) is 2.33. The zero-order chi connectivity index (χ0) is 16.0. The fourth-order valence-corrected chi connectivity index (χ4v) is 5.61. The van der Waals surface area contributed by atoms with E-state index < -0.39 is 0 Å². The van der Waals surface area contributed by atoms with Gasteiger partial charge in [-0.25, -0.2) is 5.01 Å². The summed E-state index contributed by atoms with van der Waals surface area (Å²) in [5.41, 5.74) is 0. The van der Waals surface area contributed by atoms with Gasteiger partial charge in [0.15, 0.2) is 5.82 Å². The average Bonchev–Trinajstić information content (AvgIpc) is 3.27. The first kappa shape index (κ1) is 14.7. The van der Waals surface area contributed by atoms with E-state index in [4.69, 9.17) is 14.9 Å². The Morgan fingerprint density at radius 3 is 2.75 bits per heavy atom. The molecule has 0 atom stereocenters. The summed E-state index contributed by atoms with van der Waals surface area (Å²) < 4.78 is 5.80. The van der Waals surface area contributed by atoms with Crippen LogP contribution in [0.4, 0.5) is 0 Å². The Kier molecular flexibility index (Phi) is 3.52. The summed E-state index contributed by atoms with van der Waals surface area (Å²) >= 11 is 3.54. The van der Waals surface area contributed by atoms with Gasteiger partial charge >= 0.3 is 0 Å². The second-order valence-electron chi connectivity index (χ2n) is 6.30. The van der Waals surface area contributed by atoms with Gasteiger partial charge in [0.2, 0.25) is 5.17 Å². The van der Waals surface area contributed by atoms with E-state index in [1.165, 1.54) is 32.1 Å². The predicted octanol–water partition coefficient (Wildman–Crippen LogP) is 4.22. The molecule has 5 rings (SSSR count). The van der Waals surface area contributed by atoms with Crippen molar-refractivity contribution in [2.24, 2.45) is 10.2 Å². The summed E-state index contributed by atoms with van der Waals surface area (Å²) in [5, 5.41) is 17.9. The Labute approximate surface area is 149 Å². The van der Waals surface area contributed by atoms with Crippen LogP contribution in [-0.4, -0.2) is 31.7 Å². The van der Waals surface area contributed by atoms with Crippen LogP contribution in [0.5, 0.6) is 5.75 Å². The van der Waals surface area contributed by atoms with Gasteiger partial charge < -0.3 is 4.74 Å². The summed E-state index contributed by atoms with van der Waals surface area (Å²) in [6, 6.07) is 9.86. The van der Waals surface area contributed by atoms with Crippen molar-refractivity contribution in [2.75, 3.05) is 6.61 Å². The number of amidine groups is 1. The monoisotopic (exact) mass is 358 g/mol. The number of thioether (sulfide) groups is 2. The highest BCUT2D eigenvalue weighted by atomic mass is 32.2. The Balaban J connectivity index is 1.29. The van der Waals surface area contributed by atoms with Crippen LogP contribution in [0.1, 0.15) is 32.1 Å². The molecule has 24 heavy (non-hydrogen) atoms. The molecule has 0 bridgehead atoms. The average molecular weight is 358 g/mol. The minimum absolute atomic E-state index is 0.141. The standard InChI is InChI=1S/C17H18N4OS2/c1-3-7-13(8-4-1)22-11-14-18-20-15-12-23-17(9-5-2-6-10-17)21(15)19-16(20)24-14/h1,3-4,7-8,12H,2,5-6,9-11H2. The molecule has 1 aromatic rings. The SMILES string of the molecule is C1=C2N3N=C(COc4ccccc4)SC3=NN2C2(CCCCC2)S1. The number of rotatable bonds is 3. The molecule has 0 radical (unpaired) electrons. The van der Waals surface area contributed by atoms with Gasteiger partial charge in [-0.2, -0.15) is 10.1 Å². The van der Waals surface area contributed by atoms with Crippen LogP contribution in [0.2, 0.25) is 0 Å². The molecule has 1 aliphatic carbocycles. The van der Waals surface area contributed by atoms with Crippen molar-refractivity contribution in [2.45, 2.75) is 37.0 Å². The van der Waals surface area contributed by atoms with Crippen LogP contribution >= 0.6 is 23.5 Å². The maximum atomic E-state index is 5.80. The number of para-hydroxylation sites is 1. The minimum atomic E-state index is 0.141. The molecule has 0 unspecified atom stereocenters. The molecular weight excluding hydrogens is 340 g/mol. The largest absolute Gasteiger partial charge is 0.487 e. The molecule has 124 valence electrons. The molecule has 0 aromatic heterocycles. The molecule has 1 saturated carbocycles. The van der Waals surface area contributed by atoms with Crippen LogP contribution in [0.25, 0.3) is 0 Å². The van der Waals surface area contributed by atoms with Gasteiger partial charge in [0, 0.05) is 5.41 Å². The van der Waals surface area contributed by atoms with Gasteiger partial charge in [0.05, 0.1) is 0 Å². The highest BCUT2D eigenvalue weighted by molar-refractivity contribution is 8.26. The maximum absolute atomic E-state index is 5.80. The van der Waals surface area contributed by atoms with Crippen molar-refractivity contribution in [3.63, 3.8) is 0 Å². The molecule has 1 aromatic carbocycles. The zero-order valence-corrected chi connectivity index (χ0v) is 14.9. The molecule has 3 aliphatic heterocycles. The van der Waals surface area contributed by atoms with E-state index in [0.29, 0.717) is 6.61 Å². The first-order valence-electron chi connectivity index (χ1n) is 8.34. The second-order valence-corrected chi connectivity index (χ2v) is 8.58. The van der Waals surface area contributed by atoms with Crippen LogP contribution < -0.4 is 4.74 Å². The van der Waals surface area contributed by atoms with Crippen LogP contribution in [-0.2, 0) is 0 Å². The van der Waals surface area contributed by atoms with Crippen molar-refractivity contribution in [3.05, 3.63) is 41.6 Å². The Bertz CT molecular complexity index is 740. The third-order valence-electron chi connectivity index (χ3n) is 4.73. The topological polar surface area (TPSA) is 40.4 Å². The van der Waals surface area contributed by atoms with Gasteiger partial charge in [0.1, 0.15) is 22.3 Å². The Morgan fingerprint density at radius 2 is 1.92 bits per heavy atom. The van der Waals surface area contributed by atoms with Crippen LogP contribution in [0.15, 0.2) is 51.8 Å². The quantitative estimate of drug-likeness (QED) is 0.809. The fourth-order valence-electron chi connectivity index (χ4n) is 3.53. The van der Waals surface area contributed by atoms with Gasteiger partial charge in [-0.3, -0.25) is 0 Å². The molecule has 1 spiro atoms. The van der Waals surface area contributed by atoms with Crippen molar-refractivity contribution >= 4 is 33.7 Å². The molecule has 7 heteroatoms. The van der Waals surface area contributed by atoms with Gasteiger partial charge in [-0.1, -0.05) is 49.2 Å². The number of benzene rings is 1. The van der Waals surface area contributed by atoms with E-state index in [9.17, 15) is 0 Å². The zero-order valence-electron chi connectivity index (χ0n) is 13.2. The number of fused-ring (bicyclic) bond motifs is 4. The molecule has 0 N–H and O–H groups in total. The summed E-state index contributed by atoms with van der Waals surface area (Å²) in [6.07, 6.45) is 6.35. The molecule has 5 nitrogen and oxygen atoms in total. The maximum Gasteiger partial charge on any atom is 0.216 e. The Hall–Kier alpha value is -1.60. The summed E-state index contributed by atoms with van der Waals surface area (Å²) in [7, 11) is 0. The number of ether oxygens (including phenoxy) is 1. The van der Waals surface area contributed by atoms with Crippen LogP contribution in [0.3, 0.4) is 0 Å². The molecule has 4 aliphatic rings. The number of nitrogens with zero attached hydrogens (tertiary/aromatic N) is 4. The highest BCUT2D eigenvalue weighted by Crippen LogP contribution is 2.53. The fraction of sp³-hybridized carbons (Fsp3) is 0.412. The van der Waals surface area contributed by atoms with E-state index in [0.717, 1.165) is 21.8 Å². The lowest BCUT2D eigenvalue weighted by atomic mass is 9.94. The first-order chi connectivity index (χ1) is 11.8. The van der Waals surface area contributed by atoms with Crippen molar-refractivity contribution < 1.29 is 4.74 Å². The highest BCUT2D eigenvalue weighted by Gasteiger charge is 2.50. The van der Waals surface area contributed by atoms with E-state index in [1.54, 1.807) is 11.8 Å². The normalized spacial score (nSPS) is 23.8. The van der Waals surface area contributed by atoms with E-state index in [2.05, 4.69) is 10.4 Å². The predicted molar refractivity (Wildman–Crippen MR) is 99.6 cm³/mol. The third-order valence-corrected chi connectivity index (χ3v) is 6.95. The molecule has 0 amide bonds. The van der Waals surface area contributed by atoms with Crippen molar-refractivity contribution in [3.8, 4) is 5.75 Å². The van der Waals surface area contributed by atoms with E-state index >= 15 is 0 Å². The second kappa shape index (κ2) is 5.74. The molecule has 0 saturated heterocycles. The smallest absolute Gasteiger partial charge is 0.216 e. The lowest BCUT2D eigenvalue weighted by Crippen LogP contribution is -2.40. The summed E-state index contributed by atoms with van der Waals surface area (Å²) in [4.78, 5) is 0.141. The van der Waals surface area contributed by atoms with Gasteiger partial charge in [0.25, 0.3) is 0 Å². The van der Waals surface area contributed by atoms with E-state index in [1.807, 2.05) is 47.1 Å².